The lowest BCUT2D eigenvalue weighted by molar-refractivity contribution is -0.166. The molecule has 0 bridgehead atoms. The van der Waals surface area contributed by atoms with Gasteiger partial charge in [0.15, 0.2) is 18.4 Å². The van der Waals surface area contributed by atoms with Crippen molar-refractivity contribution in [1.29, 1.82) is 0 Å². The van der Waals surface area contributed by atoms with Gasteiger partial charge in [-0.2, -0.15) is 0 Å². The van der Waals surface area contributed by atoms with Crippen LogP contribution in [0.25, 0.3) is 11.0 Å². The van der Waals surface area contributed by atoms with Gasteiger partial charge in [-0.1, -0.05) is 11.6 Å². The zero-order valence-electron chi connectivity index (χ0n) is 16.1. The summed E-state index contributed by atoms with van der Waals surface area (Å²) in [5.41, 5.74) is 0.475. The summed E-state index contributed by atoms with van der Waals surface area (Å²) < 4.78 is 36.7. The van der Waals surface area contributed by atoms with Crippen molar-refractivity contribution in [2.24, 2.45) is 0 Å². The van der Waals surface area contributed by atoms with Gasteiger partial charge in [-0.05, 0) is 17.7 Å². The number of esters is 3. The van der Waals surface area contributed by atoms with Gasteiger partial charge in [-0.25, -0.2) is 9.37 Å². The normalized spacial score (nSPS) is 23.4. The number of halogens is 3. The predicted octanol–water partition coefficient (Wildman–Crippen LogP) is 2.81. The molecule has 0 radical (unpaired) electrons. The van der Waals surface area contributed by atoms with Crippen LogP contribution in [0.2, 0.25) is 10.3 Å². The molecular weight excluding hydrogens is 446 g/mol. The van der Waals surface area contributed by atoms with Crippen LogP contribution >= 0.6 is 23.2 Å². The highest BCUT2D eigenvalue weighted by Crippen LogP contribution is 2.39. The molecule has 1 aromatic heterocycles. The van der Waals surface area contributed by atoms with Crippen molar-refractivity contribution in [1.82, 2.24) is 9.55 Å². The number of fused-ring (bicyclic) bond motifs is 1. The average Bonchev–Trinajstić information content (AvgIpc) is 3.10. The minimum Gasteiger partial charge on any atom is -0.463 e. The van der Waals surface area contributed by atoms with E-state index >= 15 is 0 Å². The first-order chi connectivity index (χ1) is 14.1. The minimum absolute atomic E-state index is 0.108. The summed E-state index contributed by atoms with van der Waals surface area (Å²) in [5, 5.41) is -0.293. The molecule has 2 aromatic rings. The van der Waals surface area contributed by atoms with Gasteiger partial charge in [-0.15, -0.1) is 0 Å². The predicted molar refractivity (Wildman–Crippen MR) is 101 cm³/mol. The molecule has 0 N–H and O–H groups in total. The Morgan fingerprint density at radius 2 is 1.73 bits per heavy atom. The number of hydrogen-bond acceptors (Lipinski definition) is 8. The Hall–Kier alpha value is -2.43. The molecule has 1 aromatic carbocycles. The molecule has 30 heavy (non-hydrogen) atoms. The van der Waals surface area contributed by atoms with E-state index in [0.717, 1.165) is 6.07 Å². The molecule has 162 valence electrons. The lowest BCUT2D eigenvalue weighted by atomic mass is 10.1. The number of ether oxygens (including phenoxy) is 4. The van der Waals surface area contributed by atoms with Crippen LogP contribution in [0.4, 0.5) is 4.39 Å². The number of benzene rings is 1. The summed E-state index contributed by atoms with van der Waals surface area (Å²) in [6.07, 6.45) is -4.37. The number of nitrogens with zero attached hydrogens (tertiary/aromatic N) is 2. The summed E-state index contributed by atoms with van der Waals surface area (Å²) in [7, 11) is 0. The van der Waals surface area contributed by atoms with Crippen LogP contribution in [-0.2, 0) is 33.3 Å². The highest BCUT2D eigenvalue weighted by atomic mass is 35.5. The third-order valence-corrected chi connectivity index (χ3v) is 4.84. The van der Waals surface area contributed by atoms with Crippen LogP contribution < -0.4 is 0 Å². The van der Waals surface area contributed by atoms with E-state index < -0.39 is 48.3 Å². The van der Waals surface area contributed by atoms with Gasteiger partial charge < -0.3 is 18.9 Å². The molecule has 0 unspecified atom stereocenters. The number of carbonyl (C=O) groups is 3. The number of carbonyl (C=O) groups excluding carboxylic acids is 3. The maximum Gasteiger partial charge on any atom is 0.303 e. The number of rotatable bonds is 5. The fraction of sp³-hybridized carbons (Fsp3) is 0.444. The van der Waals surface area contributed by atoms with E-state index in [2.05, 4.69) is 4.98 Å². The van der Waals surface area contributed by atoms with Gasteiger partial charge in [0.2, 0.25) is 5.28 Å². The fourth-order valence-electron chi connectivity index (χ4n) is 3.20. The molecule has 1 aliphatic rings. The lowest BCUT2D eigenvalue weighted by Crippen LogP contribution is -2.40. The van der Waals surface area contributed by atoms with Crippen molar-refractivity contribution in [3.63, 3.8) is 0 Å². The van der Waals surface area contributed by atoms with Crippen LogP contribution in [0, 0.1) is 5.82 Å². The summed E-state index contributed by atoms with van der Waals surface area (Å²) in [6, 6.07) is 2.38. The second-order valence-corrected chi connectivity index (χ2v) is 7.27. The standard InChI is InChI=1S/C18H17Cl2FN2O7/c1-7(24)27-6-14-15(28-8(2)25)16(29-9(3)26)17(30-14)23-13-4-10(19)11(21)5-12(13)22-18(23)20/h4-5,14-17H,6H2,1-3H3/t14-,15-,16-,17+/m1/s1. The molecule has 3 rings (SSSR count). The smallest absolute Gasteiger partial charge is 0.303 e. The Morgan fingerprint density at radius 1 is 1.10 bits per heavy atom. The molecule has 0 saturated carbocycles. The van der Waals surface area contributed by atoms with Gasteiger partial charge in [-0.3, -0.25) is 19.0 Å². The SMILES string of the molecule is CC(=O)OC[C@H]1O[C@H](n2c(Cl)nc3cc(F)c(Cl)cc32)[C@H](OC(C)=O)[C@@H]1OC(C)=O. The van der Waals surface area contributed by atoms with Crippen LogP contribution in [0.5, 0.6) is 0 Å². The van der Waals surface area contributed by atoms with Crippen LogP contribution in [-0.4, -0.2) is 52.4 Å². The molecule has 0 amide bonds. The molecule has 0 spiro atoms. The molecular formula is C18H17Cl2FN2O7. The topological polar surface area (TPSA) is 106 Å². The summed E-state index contributed by atoms with van der Waals surface area (Å²) in [5.74, 6) is -2.62. The van der Waals surface area contributed by atoms with E-state index in [1.54, 1.807) is 0 Å². The van der Waals surface area contributed by atoms with Gasteiger partial charge >= 0.3 is 17.9 Å². The van der Waals surface area contributed by atoms with Crippen molar-refractivity contribution in [3.05, 3.63) is 28.3 Å². The maximum atomic E-state index is 13.8. The lowest BCUT2D eigenvalue weighted by Gasteiger charge is -2.24. The Kier molecular flexibility index (Phi) is 6.49. The highest BCUT2D eigenvalue weighted by Gasteiger charge is 2.51. The monoisotopic (exact) mass is 462 g/mol. The van der Waals surface area contributed by atoms with Crippen LogP contribution in [0.1, 0.15) is 27.0 Å². The largest absolute Gasteiger partial charge is 0.463 e. The molecule has 1 aliphatic heterocycles. The minimum atomic E-state index is -1.16. The third-order valence-electron chi connectivity index (χ3n) is 4.28. The van der Waals surface area contributed by atoms with Crippen molar-refractivity contribution in [2.75, 3.05) is 6.61 Å². The Labute approximate surface area is 179 Å². The fourth-order valence-corrected chi connectivity index (χ4v) is 3.64. The number of hydrogen-bond donors (Lipinski definition) is 0. The molecule has 0 aliphatic carbocycles. The van der Waals surface area contributed by atoms with E-state index in [-0.39, 0.29) is 22.4 Å². The van der Waals surface area contributed by atoms with Crippen molar-refractivity contribution in [3.8, 4) is 0 Å². The van der Waals surface area contributed by atoms with E-state index in [0.29, 0.717) is 5.52 Å². The summed E-state index contributed by atoms with van der Waals surface area (Å²) in [4.78, 5) is 38.7. The highest BCUT2D eigenvalue weighted by molar-refractivity contribution is 6.32. The van der Waals surface area contributed by atoms with E-state index in [4.69, 9.17) is 42.1 Å². The van der Waals surface area contributed by atoms with E-state index in [1.165, 1.54) is 31.4 Å². The Morgan fingerprint density at radius 3 is 2.33 bits per heavy atom. The number of imidazole rings is 1. The summed E-state index contributed by atoms with van der Waals surface area (Å²) >= 11 is 12.2. The van der Waals surface area contributed by atoms with Crippen LogP contribution in [0.3, 0.4) is 0 Å². The molecule has 1 fully saturated rings. The second kappa shape index (κ2) is 8.75. The zero-order chi connectivity index (χ0) is 22.2. The van der Waals surface area contributed by atoms with Crippen molar-refractivity contribution in [2.45, 2.75) is 45.3 Å². The van der Waals surface area contributed by atoms with Gasteiger partial charge in [0.25, 0.3) is 0 Å². The molecule has 1 saturated heterocycles. The van der Waals surface area contributed by atoms with Gasteiger partial charge in [0.1, 0.15) is 18.5 Å². The molecule has 2 heterocycles. The Balaban J connectivity index is 2.09. The van der Waals surface area contributed by atoms with E-state index in [9.17, 15) is 18.8 Å². The second-order valence-electron chi connectivity index (χ2n) is 6.52. The first-order valence-electron chi connectivity index (χ1n) is 8.74. The van der Waals surface area contributed by atoms with Gasteiger partial charge in [0.05, 0.1) is 16.1 Å². The Bertz CT molecular complexity index is 1010. The van der Waals surface area contributed by atoms with E-state index in [1.807, 2.05) is 0 Å². The zero-order valence-corrected chi connectivity index (χ0v) is 17.6. The number of aromatic nitrogens is 2. The quantitative estimate of drug-likeness (QED) is 0.493. The van der Waals surface area contributed by atoms with Crippen molar-refractivity contribution >= 4 is 52.1 Å². The molecule has 9 nitrogen and oxygen atoms in total. The molecule has 12 heteroatoms. The summed E-state index contributed by atoms with van der Waals surface area (Å²) in [6.45, 7) is 3.26. The third kappa shape index (κ3) is 4.50. The van der Waals surface area contributed by atoms with Crippen LogP contribution in [0.15, 0.2) is 12.1 Å². The van der Waals surface area contributed by atoms with Gasteiger partial charge in [0, 0.05) is 26.8 Å². The average molecular weight is 463 g/mol. The first kappa shape index (κ1) is 22.3. The first-order valence-corrected chi connectivity index (χ1v) is 9.49. The van der Waals surface area contributed by atoms with Crippen molar-refractivity contribution < 1.29 is 37.7 Å². The maximum absolute atomic E-state index is 13.8. The molecule has 4 atom stereocenters.